The van der Waals surface area contributed by atoms with E-state index in [2.05, 4.69) is 5.32 Å². The fourth-order valence-corrected chi connectivity index (χ4v) is 3.13. The van der Waals surface area contributed by atoms with Gasteiger partial charge in [-0.2, -0.15) is 0 Å². The van der Waals surface area contributed by atoms with Gasteiger partial charge in [-0.1, -0.05) is 0 Å². The molecule has 6 nitrogen and oxygen atoms in total. The molecule has 2 fully saturated rings. The number of benzene rings is 1. The zero-order chi connectivity index (χ0) is 16.9. The van der Waals surface area contributed by atoms with Crippen molar-refractivity contribution < 1.29 is 19.0 Å². The Morgan fingerprint density at radius 2 is 2.08 bits per heavy atom. The average Bonchev–Trinajstić information content (AvgIpc) is 3.08. The van der Waals surface area contributed by atoms with Crippen LogP contribution in [0.15, 0.2) is 18.2 Å². The molecular weight excluding hydrogens is 308 g/mol. The Bertz CT molecular complexity index is 572. The van der Waals surface area contributed by atoms with Crippen LogP contribution in [0.25, 0.3) is 0 Å². The summed E-state index contributed by atoms with van der Waals surface area (Å²) in [6, 6.07) is 5.72. The van der Waals surface area contributed by atoms with Gasteiger partial charge in [0.1, 0.15) is 18.0 Å². The first kappa shape index (κ1) is 17.2. The molecule has 0 radical (unpaired) electrons. The molecule has 3 N–H and O–H groups in total. The molecule has 2 aliphatic heterocycles. The molecule has 132 valence electrons. The van der Waals surface area contributed by atoms with Crippen LogP contribution in [0.5, 0.6) is 5.75 Å². The van der Waals surface area contributed by atoms with E-state index in [1.807, 2.05) is 25.1 Å². The van der Waals surface area contributed by atoms with E-state index in [4.69, 9.17) is 19.9 Å². The molecule has 0 saturated carbocycles. The third-order valence-electron chi connectivity index (χ3n) is 4.57. The number of carbonyl (C=O) groups excluding carboxylic acids is 1. The smallest absolute Gasteiger partial charge is 0.253 e. The Morgan fingerprint density at radius 1 is 1.29 bits per heavy atom. The number of nitrogens with two attached hydrogens (primary N) is 1. The minimum Gasteiger partial charge on any atom is -0.490 e. The number of anilines is 1. The first-order chi connectivity index (χ1) is 11.7. The summed E-state index contributed by atoms with van der Waals surface area (Å²) in [7, 11) is 0. The molecule has 0 aliphatic carbocycles. The summed E-state index contributed by atoms with van der Waals surface area (Å²) in [6.45, 7) is 3.95. The molecule has 2 saturated heterocycles. The SMILES string of the molecule is Cc1cc(NC(=O)[C@@H]2CC[C@H](CN)O2)ccc1OC1CCOCC1. The van der Waals surface area contributed by atoms with E-state index in [-0.39, 0.29) is 18.1 Å². The maximum atomic E-state index is 12.3. The van der Waals surface area contributed by atoms with E-state index < -0.39 is 6.10 Å². The van der Waals surface area contributed by atoms with Crippen molar-refractivity contribution in [1.82, 2.24) is 0 Å². The summed E-state index contributed by atoms with van der Waals surface area (Å²) in [5.74, 6) is 0.753. The van der Waals surface area contributed by atoms with E-state index >= 15 is 0 Å². The highest BCUT2D eigenvalue weighted by Crippen LogP contribution is 2.26. The van der Waals surface area contributed by atoms with Gasteiger partial charge in [-0.15, -0.1) is 0 Å². The van der Waals surface area contributed by atoms with E-state index in [1.165, 1.54) is 0 Å². The van der Waals surface area contributed by atoms with Crippen molar-refractivity contribution in [3.05, 3.63) is 23.8 Å². The van der Waals surface area contributed by atoms with Gasteiger partial charge in [0.2, 0.25) is 0 Å². The standard InChI is InChI=1S/C18H26N2O4/c1-12-10-13(20-18(21)17-5-3-15(11-19)24-17)2-4-16(12)23-14-6-8-22-9-7-14/h2,4,10,14-15,17H,3,5-9,11,19H2,1H3,(H,20,21)/t15-,17+/m1/s1. The van der Waals surface area contributed by atoms with Crippen molar-refractivity contribution in [2.45, 2.75) is 50.9 Å². The lowest BCUT2D eigenvalue weighted by atomic mass is 10.1. The summed E-state index contributed by atoms with van der Waals surface area (Å²) < 4.78 is 17.0. The summed E-state index contributed by atoms with van der Waals surface area (Å²) in [5, 5.41) is 2.92. The van der Waals surface area contributed by atoms with Crippen molar-refractivity contribution in [3.8, 4) is 5.75 Å². The van der Waals surface area contributed by atoms with Crippen molar-refractivity contribution in [2.75, 3.05) is 25.1 Å². The molecular formula is C18H26N2O4. The maximum Gasteiger partial charge on any atom is 0.253 e. The van der Waals surface area contributed by atoms with Gasteiger partial charge in [-0.25, -0.2) is 0 Å². The molecule has 0 bridgehead atoms. The van der Waals surface area contributed by atoms with Crippen LogP contribution < -0.4 is 15.8 Å². The van der Waals surface area contributed by atoms with E-state index in [0.29, 0.717) is 6.54 Å². The van der Waals surface area contributed by atoms with Crippen LogP contribution in [-0.4, -0.2) is 44.0 Å². The Morgan fingerprint density at radius 3 is 2.75 bits per heavy atom. The van der Waals surface area contributed by atoms with Gasteiger partial charge in [-0.3, -0.25) is 4.79 Å². The van der Waals surface area contributed by atoms with Crippen LogP contribution in [-0.2, 0) is 14.3 Å². The average molecular weight is 334 g/mol. The number of rotatable bonds is 5. The quantitative estimate of drug-likeness (QED) is 0.860. The normalized spacial score (nSPS) is 24.8. The largest absolute Gasteiger partial charge is 0.490 e. The number of nitrogens with one attached hydrogen (secondary N) is 1. The van der Waals surface area contributed by atoms with Gasteiger partial charge in [0.05, 0.1) is 19.3 Å². The first-order valence-corrected chi connectivity index (χ1v) is 8.67. The summed E-state index contributed by atoms with van der Waals surface area (Å²) in [4.78, 5) is 12.3. The summed E-state index contributed by atoms with van der Waals surface area (Å²) in [5.41, 5.74) is 7.35. The predicted molar refractivity (Wildman–Crippen MR) is 91.2 cm³/mol. The molecule has 1 aromatic rings. The number of aryl methyl sites for hydroxylation is 1. The number of carbonyl (C=O) groups is 1. The van der Waals surface area contributed by atoms with Crippen molar-refractivity contribution in [1.29, 1.82) is 0 Å². The van der Waals surface area contributed by atoms with Gasteiger partial charge in [0.25, 0.3) is 5.91 Å². The monoisotopic (exact) mass is 334 g/mol. The van der Waals surface area contributed by atoms with Crippen LogP contribution in [0, 0.1) is 6.92 Å². The van der Waals surface area contributed by atoms with Crippen molar-refractivity contribution in [2.24, 2.45) is 5.73 Å². The molecule has 2 atom stereocenters. The fourth-order valence-electron chi connectivity index (χ4n) is 3.13. The molecule has 24 heavy (non-hydrogen) atoms. The Hall–Kier alpha value is -1.63. The molecule has 1 amide bonds. The second kappa shape index (κ2) is 7.96. The second-order valence-corrected chi connectivity index (χ2v) is 6.46. The van der Waals surface area contributed by atoms with Gasteiger partial charge in [0, 0.05) is 25.1 Å². The minimum absolute atomic E-state index is 0.00210. The number of hydrogen-bond acceptors (Lipinski definition) is 5. The molecule has 6 heteroatoms. The highest BCUT2D eigenvalue weighted by molar-refractivity contribution is 5.94. The number of amides is 1. The Labute approximate surface area is 142 Å². The van der Waals surface area contributed by atoms with Crippen molar-refractivity contribution in [3.63, 3.8) is 0 Å². The lowest BCUT2D eigenvalue weighted by Gasteiger charge is -2.24. The molecule has 1 aromatic carbocycles. The minimum atomic E-state index is -0.406. The van der Waals surface area contributed by atoms with Crippen LogP contribution in [0.3, 0.4) is 0 Å². The van der Waals surface area contributed by atoms with Gasteiger partial charge in [0.15, 0.2) is 0 Å². The zero-order valence-corrected chi connectivity index (χ0v) is 14.1. The number of hydrogen-bond donors (Lipinski definition) is 2. The van der Waals surface area contributed by atoms with Gasteiger partial charge < -0.3 is 25.3 Å². The van der Waals surface area contributed by atoms with E-state index in [9.17, 15) is 4.79 Å². The van der Waals surface area contributed by atoms with Crippen LogP contribution in [0.4, 0.5) is 5.69 Å². The van der Waals surface area contributed by atoms with Crippen LogP contribution >= 0.6 is 0 Å². The van der Waals surface area contributed by atoms with Crippen LogP contribution in [0.2, 0.25) is 0 Å². The highest BCUT2D eigenvalue weighted by Gasteiger charge is 2.29. The van der Waals surface area contributed by atoms with Gasteiger partial charge in [-0.05, 0) is 43.5 Å². The predicted octanol–water partition coefficient (Wildman–Crippen LogP) is 2.00. The van der Waals surface area contributed by atoms with Crippen molar-refractivity contribution >= 4 is 11.6 Å². The molecule has 0 aromatic heterocycles. The zero-order valence-electron chi connectivity index (χ0n) is 14.1. The Balaban J connectivity index is 1.57. The lowest BCUT2D eigenvalue weighted by molar-refractivity contribution is -0.126. The lowest BCUT2D eigenvalue weighted by Crippen LogP contribution is -2.29. The van der Waals surface area contributed by atoms with E-state index in [1.54, 1.807) is 0 Å². The van der Waals surface area contributed by atoms with Crippen LogP contribution in [0.1, 0.15) is 31.2 Å². The maximum absolute atomic E-state index is 12.3. The Kier molecular flexibility index (Phi) is 5.71. The molecule has 2 heterocycles. The second-order valence-electron chi connectivity index (χ2n) is 6.46. The first-order valence-electron chi connectivity index (χ1n) is 8.67. The fraction of sp³-hybridized carbons (Fsp3) is 0.611. The highest BCUT2D eigenvalue weighted by atomic mass is 16.5. The molecule has 0 spiro atoms. The third kappa shape index (κ3) is 4.26. The third-order valence-corrected chi connectivity index (χ3v) is 4.57. The molecule has 0 unspecified atom stereocenters. The van der Waals surface area contributed by atoms with E-state index in [0.717, 1.165) is 55.9 Å². The summed E-state index contributed by atoms with van der Waals surface area (Å²) in [6.07, 6.45) is 3.19. The summed E-state index contributed by atoms with van der Waals surface area (Å²) >= 11 is 0. The number of ether oxygens (including phenoxy) is 3. The topological polar surface area (TPSA) is 82.8 Å². The molecule has 2 aliphatic rings. The van der Waals surface area contributed by atoms with Gasteiger partial charge >= 0.3 is 0 Å². The molecule has 3 rings (SSSR count).